The van der Waals surface area contributed by atoms with Crippen LogP contribution in [-0.4, -0.2) is 50.1 Å². The van der Waals surface area contributed by atoms with Crippen LogP contribution >= 0.6 is 0 Å². The topological polar surface area (TPSA) is 66.0 Å². The van der Waals surface area contributed by atoms with Crippen molar-refractivity contribution in [2.45, 2.75) is 45.2 Å². The molecular formula is C19H30N4O2. The molecule has 2 rings (SSSR count). The molecule has 138 valence electrons. The second-order valence-electron chi connectivity index (χ2n) is 6.39. The van der Waals surface area contributed by atoms with Crippen LogP contribution in [0.3, 0.4) is 0 Å². The quantitative estimate of drug-likeness (QED) is 0.612. The molecule has 0 radical (unpaired) electrons. The highest BCUT2D eigenvalue weighted by Gasteiger charge is 2.22. The zero-order valence-corrected chi connectivity index (χ0v) is 15.5. The average Bonchev–Trinajstić information content (AvgIpc) is 2.64. The lowest BCUT2D eigenvalue weighted by molar-refractivity contribution is -0.134. The molecule has 1 unspecified atom stereocenters. The number of aliphatic imine (C=N–C) groups is 1. The highest BCUT2D eigenvalue weighted by atomic mass is 16.5. The third-order valence-corrected chi connectivity index (χ3v) is 4.57. The molecular weight excluding hydrogens is 316 g/mol. The van der Waals surface area contributed by atoms with E-state index in [1.54, 1.807) is 14.2 Å². The summed E-state index contributed by atoms with van der Waals surface area (Å²) < 4.78 is 5.23. The van der Waals surface area contributed by atoms with Crippen molar-refractivity contribution in [3.8, 4) is 5.75 Å². The van der Waals surface area contributed by atoms with Crippen molar-refractivity contribution >= 4 is 11.9 Å². The number of ether oxygens (including phenoxy) is 1. The van der Waals surface area contributed by atoms with Gasteiger partial charge >= 0.3 is 0 Å². The monoisotopic (exact) mass is 346 g/mol. The Labute approximate surface area is 150 Å². The van der Waals surface area contributed by atoms with Gasteiger partial charge in [-0.25, -0.2) is 0 Å². The number of carbonyl (C=O) groups excluding carboxylic acids is 1. The number of piperidine rings is 1. The number of guanidine groups is 1. The van der Waals surface area contributed by atoms with Crippen LogP contribution in [-0.2, 0) is 11.3 Å². The minimum atomic E-state index is 0.225. The standard InChI is InChI=1S/C19H30N4O2/c1-15-7-4-5-12-23(15)18(24)10-11-21-19(20-2)22-14-16-8-6-9-17(13-16)25-3/h6,8-9,13,15H,4-5,7,10-12,14H2,1-3H3,(H2,20,21,22). The largest absolute Gasteiger partial charge is 0.497 e. The highest BCUT2D eigenvalue weighted by Crippen LogP contribution is 2.17. The van der Waals surface area contributed by atoms with Gasteiger partial charge in [-0.15, -0.1) is 0 Å². The number of nitrogens with zero attached hydrogens (tertiary/aromatic N) is 2. The van der Waals surface area contributed by atoms with Crippen molar-refractivity contribution in [3.63, 3.8) is 0 Å². The van der Waals surface area contributed by atoms with Crippen molar-refractivity contribution in [1.82, 2.24) is 15.5 Å². The molecule has 1 aromatic carbocycles. The molecule has 1 saturated heterocycles. The number of methoxy groups -OCH3 is 1. The van der Waals surface area contributed by atoms with E-state index in [0.717, 1.165) is 30.7 Å². The van der Waals surface area contributed by atoms with Gasteiger partial charge in [0.15, 0.2) is 5.96 Å². The number of benzene rings is 1. The molecule has 6 heteroatoms. The number of nitrogens with one attached hydrogen (secondary N) is 2. The van der Waals surface area contributed by atoms with Crippen LogP contribution in [0, 0.1) is 0 Å². The number of rotatable bonds is 6. The Kier molecular flexibility index (Phi) is 7.57. The van der Waals surface area contributed by atoms with Gasteiger partial charge in [-0.3, -0.25) is 9.79 Å². The molecule has 25 heavy (non-hydrogen) atoms. The van der Waals surface area contributed by atoms with Crippen LogP contribution in [0.25, 0.3) is 0 Å². The van der Waals surface area contributed by atoms with E-state index >= 15 is 0 Å². The fourth-order valence-electron chi connectivity index (χ4n) is 3.09. The Hall–Kier alpha value is -2.24. The summed E-state index contributed by atoms with van der Waals surface area (Å²) in [6, 6.07) is 8.27. The number of carbonyl (C=O) groups is 1. The van der Waals surface area contributed by atoms with E-state index in [1.807, 2.05) is 29.2 Å². The van der Waals surface area contributed by atoms with Gasteiger partial charge in [0.2, 0.25) is 5.91 Å². The average molecular weight is 346 g/mol. The number of hydrogen-bond acceptors (Lipinski definition) is 3. The van der Waals surface area contributed by atoms with Crippen LogP contribution in [0.4, 0.5) is 0 Å². The minimum absolute atomic E-state index is 0.225. The van der Waals surface area contributed by atoms with Gasteiger partial charge < -0.3 is 20.3 Å². The molecule has 2 N–H and O–H groups in total. The lowest BCUT2D eigenvalue weighted by Crippen LogP contribution is -2.44. The van der Waals surface area contributed by atoms with Crippen molar-refractivity contribution in [1.29, 1.82) is 0 Å². The van der Waals surface area contributed by atoms with E-state index in [-0.39, 0.29) is 5.91 Å². The van der Waals surface area contributed by atoms with Gasteiger partial charge in [-0.2, -0.15) is 0 Å². The van der Waals surface area contributed by atoms with Crippen molar-refractivity contribution in [3.05, 3.63) is 29.8 Å². The molecule has 1 aliphatic rings. The number of amides is 1. The van der Waals surface area contributed by atoms with Gasteiger partial charge in [0.1, 0.15) is 5.75 Å². The molecule has 0 aliphatic carbocycles. The summed E-state index contributed by atoms with van der Waals surface area (Å²) in [5.74, 6) is 1.76. The summed E-state index contributed by atoms with van der Waals surface area (Å²) in [5, 5.41) is 6.47. The fourth-order valence-corrected chi connectivity index (χ4v) is 3.09. The van der Waals surface area contributed by atoms with E-state index < -0.39 is 0 Å². The SMILES string of the molecule is CN=C(NCCC(=O)N1CCCCC1C)NCc1cccc(OC)c1. The maximum Gasteiger partial charge on any atom is 0.224 e. The molecule has 1 amide bonds. The van der Waals surface area contributed by atoms with Gasteiger partial charge in [-0.05, 0) is 43.9 Å². The fraction of sp³-hybridized carbons (Fsp3) is 0.579. The Morgan fingerprint density at radius 1 is 1.36 bits per heavy atom. The lowest BCUT2D eigenvalue weighted by Gasteiger charge is -2.33. The first-order valence-corrected chi connectivity index (χ1v) is 9.01. The first-order valence-electron chi connectivity index (χ1n) is 9.01. The van der Waals surface area contributed by atoms with Crippen LogP contribution < -0.4 is 15.4 Å². The molecule has 1 aromatic rings. The Morgan fingerprint density at radius 3 is 2.92 bits per heavy atom. The summed E-state index contributed by atoms with van der Waals surface area (Å²) in [6.45, 7) is 4.26. The summed E-state index contributed by atoms with van der Waals surface area (Å²) in [5.41, 5.74) is 1.11. The highest BCUT2D eigenvalue weighted by molar-refractivity contribution is 5.81. The second-order valence-corrected chi connectivity index (χ2v) is 6.39. The minimum Gasteiger partial charge on any atom is -0.497 e. The third kappa shape index (κ3) is 5.96. The zero-order valence-electron chi connectivity index (χ0n) is 15.5. The molecule has 0 aromatic heterocycles. The van der Waals surface area contributed by atoms with Crippen LogP contribution in [0.2, 0.25) is 0 Å². The molecule has 6 nitrogen and oxygen atoms in total. The first kappa shape index (κ1) is 19.1. The second kappa shape index (κ2) is 9.91. The summed E-state index contributed by atoms with van der Waals surface area (Å²) >= 11 is 0. The predicted molar refractivity (Wildman–Crippen MR) is 101 cm³/mol. The molecule has 1 atom stereocenters. The molecule has 0 saturated carbocycles. The predicted octanol–water partition coefficient (Wildman–Crippen LogP) is 2.15. The zero-order chi connectivity index (χ0) is 18.1. The van der Waals surface area contributed by atoms with E-state index in [0.29, 0.717) is 31.5 Å². The van der Waals surface area contributed by atoms with Crippen LogP contribution in [0.5, 0.6) is 5.75 Å². The molecule has 0 spiro atoms. The Morgan fingerprint density at radius 2 is 2.20 bits per heavy atom. The van der Waals surface area contributed by atoms with E-state index in [2.05, 4.69) is 22.5 Å². The Bertz CT molecular complexity index is 589. The van der Waals surface area contributed by atoms with E-state index in [1.165, 1.54) is 6.42 Å². The van der Waals surface area contributed by atoms with Crippen LogP contribution in [0.15, 0.2) is 29.3 Å². The normalized spacial score (nSPS) is 18.0. The molecule has 1 aliphatic heterocycles. The lowest BCUT2D eigenvalue weighted by atomic mass is 10.0. The summed E-state index contributed by atoms with van der Waals surface area (Å²) in [7, 11) is 3.39. The van der Waals surface area contributed by atoms with Crippen LogP contribution in [0.1, 0.15) is 38.2 Å². The van der Waals surface area contributed by atoms with Gasteiger partial charge in [-0.1, -0.05) is 12.1 Å². The molecule has 0 bridgehead atoms. The van der Waals surface area contributed by atoms with Crippen molar-refractivity contribution in [2.24, 2.45) is 4.99 Å². The first-order chi connectivity index (χ1) is 12.1. The van der Waals surface area contributed by atoms with E-state index in [9.17, 15) is 4.79 Å². The molecule has 1 fully saturated rings. The number of hydrogen-bond donors (Lipinski definition) is 2. The maximum atomic E-state index is 12.3. The van der Waals surface area contributed by atoms with Gasteiger partial charge in [0.05, 0.1) is 7.11 Å². The molecule has 1 heterocycles. The number of likely N-dealkylation sites (tertiary alicyclic amines) is 1. The maximum absolute atomic E-state index is 12.3. The summed E-state index contributed by atoms with van der Waals surface area (Å²) in [6.07, 6.45) is 3.95. The van der Waals surface area contributed by atoms with Gasteiger partial charge in [0, 0.05) is 39.1 Å². The van der Waals surface area contributed by atoms with Gasteiger partial charge in [0.25, 0.3) is 0 Å². The van der Waals surface area contributed by atoms with Crippen molar-refractivity contribution in [2.75, 3.05) is 27.2 Å². The Balaban J connectivity index is 1.73. The third-order valence-electron chi connectivity index (χ3n) is 4.57. The van der Waals surface area contributed by atoms with E-state index in [4.69, 9.17) is 4.74 Å². The smallest absolute Gasteiger partial charge is 0.224 e. The summed E-state index contributed by atoms with van der Waals surface area (Å²) in [4.78, 5) is 18.6. The van der Waals surface area contributed by atoms with Crippen molar-refractivity contribution < 1.29 is 9.53 Å².